The molecule has 4 rings (SSSR count). The van der Waals surface area contributed by atoms with Gasteiger partial charge in [0.25, 0.3) is 5.91 Å². The number of amides is 1. The van der Waals surface area contributed by atoms with Gasteiger partial charge in [-0.05, 0) is 30.3 Å². The molecule has 2 heterocycles. The lowest BCUT2D eigenvalue weighted by atomic mass is 10.1. The molecule has 0 spiro atoms. The summed E-state index contributed by atoms with van der Waals surface area (Å²) in [6.07, 6.45) is 0. The third-order valence-corrected chi connectivity index (χ3v) is 5.93. The fourth-order valence-corrected chi connectivity index (χ4v) is 4.55. The number of anilines is 1. The van der Waals surface area contributed by atoms with Crippen molar-refractivity contribution in [1.29, 1.82) is 0 Å². The van der Waals surface area contributed by atoms with E-state index in [9.17, 15) is 13.6 Å². The summed E-state index contributed by atoms with van der Waals surface area (Å²) in [7, 11) is 0. The van der Waals surface area contributed by atoms with Crippen molar-refractivity contribution in [3.05, 3.63) is 58.1 Å². The lowest BCUT2D eigenvalue weighted by Gasteiger charge is -2.34. The molecule has 0 aliphatic carbocycles. The quantitative estimate of drug-likeness (QED) is 0.599. The van der Waals surface area contributed by atoms with Gasteiger partial charge >= 0.3 is 0 Å². The number of fused-ring (bicyclic) bond motifs is 1. The molecule has 1 saturated heterocycles. The van der Waals surface area contributed by atoms with E-state index in [4.69, 9.17) is 0 Å². The number of piperazine rings is 1. The zero-order chi connectivity index (χ0) is 18.3. The maximum Gasteiger partial charge on any atom is 0.259 e. The van der Waals surface area contributed by atoms with Gasteiger partial charge in [-0.25, -0.2) is 13.8 Å². The Morgan fingerprint density at radius 2 is 1.77 bits per heavy atom. The van der Waals surface area contributed by atoms with E-state index < -0.39 is 23.1 Å². The Labute approximate surface area is 161 Å². The van der Waals surface area contributed by atoms with Crippen LogP contribution in [0.2, 0.25) is 0 Å². The normalized spacial score (nSPS) is 14.9. The van der Waals surface area contributed by atoms with Crippen molar-refractivity contribution in [3.63, 3.8) is 0 Å². The highest BCUT2D eigenvalue weighted by Gasteiger charge is 2.27. The standard InChI is InChI=1S/C18H14BrF2N3OS/c19-11-4-5-14-15(10-11)26-18(22-14)24-8-6-23(7-9-24)17(25)16-12(20)2-1-3-13(16)21/h1-5,10H,6-9H2. The fraction of sp³-hybridized carbons (Fsp3) is 0.222. The first kappa shape index (κ1) is 17.4. The highest BCUT2D eigenvalue weighted by Crippen LogP contribution is 2.31. The molecule has 0 unspecified atom stereocenters. The Balaban J connectivity index is 1.49. The highest BCUT2D eigenvalue weighted by molar-refractivity contribution is 9.10. The summed E-state index contributed by atoms with van der Waals surface area (Å²) in [6, 6.07) is 9.39. The molecule has 1 amide bonds. The molecule has 0 saturated carbocycles. The molecule has 0 atom stereocenters. The molecule has 3 aromatic rings. The van der Waals surface area contributed by atoms with E-state index in [0.717, 1.165) is 32.0 Å². The summed E-state index contributed by atoms with van der Waals surface area (Å²) in [5.74, 6) is -2.25. The van der Waals surface area contributed by atoms with Crippen LogP contribution >= 0.6 is 27.3 Å². The van der Waals surface area contributed by atoms with Gasteiger partial charge in [-0.2, -0.15) is 0 Å². The van der Waals surface area contributed by atoms with E-state index in [1.807, 2.05) is 18.2 Å². The lowest BCUT2D eigenvalue weighted by Crippen LogP contribution is -2.49. The molecule has 0 radical (unpaired) electrons. The number of carbonyl (C=O) groups is 1. The average Bonchev–Trinajstić information content (AvgIpc) is 3.04. The monoisotopic (exact) mass is 437 g/mol. The molecule has 1 aromatic heterocycles. The van der Waals surface area contributed by atoms with Gasteiger partial charge in [0.05, 0.1) is 10.2 Å². The van der Waals surface area contributed by atoms with Crippen LogP contribution in [0.15, 0.2) is 40.9 Å². The van der Waals surface area contributed by atoms with Gasteiger partial charge in [-0.1, -0.05) is 33.3 Å². The van der Waals surface area contributed by atoms with Crippen molar-refractivity contribution in [2.75, 3.05) is 31.1 Å². The first-order valence-electron chi connectivity index (χ1n) is 8.07. The number of nitrogens with zero attached hydrogens (tertiary/aromatic N) is 3. The third-order valence-electron chi connectivity index (χ3n) is 4.35. The Morgan fingerprint density at radius 3 is 2.46 bits per heavy atom. The minimum atomic E-state index is -0.825. The summed E-state index contributed by atoms with van der Waals surface area (Å²) >= 11 is 5.05. The summed E-state index contributed by atoms with van der Waals surface area (Å²) in [5, 5.41) is 0.891. The molecular formula is C18H14BrF2N3OS. The molecule has 0 N–H and O–H groups in total. The summed E-state index contributed by atoms with van der Waals surface area (Å²) in [5.41, 5.74) is 0.450. The first-order chi connectivity index (χ1) is 12.5. The van der Waals surface area contributed by atoms with Crippen LogP contribution in [0, 0.1) is 11.6 Å². The van der Waals surface area contributed by atoms with Gasteiger partial charge < -0.3 is 9.80 Å². The molecule has 0 bridgehead atoms. The van der Waals surface area contributed by atoms with Gasteiger partial charge in [-0.3, -0.25) is 4.79 Å². The van der Waals surface area contributed by atoms with Crippen molar-refractivity contribution in [3.8, 4) is 0 Å². The van der Waals surface area contributed by atoms with Crippen LogP contribution in [0.5, 0.6) is 0 Å². The van der Waals surface area contributed by atoms with Crippen molar-refractivity contribution in [2.45, 2.75) is 0 Å². The van der Waals surface area contributed by atoms with Crippen molar-refractivity contribution < 1.29 is 13.6 Å². The number of hydrogen-bond acceptors (Lipinski definition) is 4. The smallest absolute Gasteiger partial charge is 0.259 e. The Bertz CT molecular complexity index is 965. The van der Waals surface area contributed by atoms with E-state index in [0.29, 0.717) is 26.2 Å². The first-order valence-corrected chi connectivity index (χ1v) is 9.68. The van der Waals surface area contributed by atoms with Gasteiger partial charge in [0.1, 0.15) is 17.2 Å². The second kappa shape index (κ2) is 6.92. The number of hydrogen-bond donors (Lipinski definition) is 0. The molecule has 8 heteroatoms. The zero-order valence-electron chi connectivity index (χ0n) is 13.6. The molecule has 26 heavy (non-hydrogen) atoms. The third kappa shape index (κ3) is 3.19. The summed E-state index contributed by atoms with van der Waals surface area (Å²) in [6.45, 7) is 1.93. The van der Waals surface area contributed by atoms with E-state index in [1.165, 1.54) is 11.0 Å². The SMILES string of the molecule is O=C(c1c(F)cccc1F)N1CCN(c2nc3ccc(Br)cc3s2)CC1. The maximum absolute atomic E-state index is 13.8. The lowest BCUT2D eigenvalue weighted by molar-refractivity contribution is 0.0737. The van der Waals surface area contributed by atoms with E-state index in [-0.39, 0.29) is 0 Å². The topological polar surface area (TPSA) is 36.4 Å². The average molecular weight is 438 g/mol. The van der Waals surface area contributed by atoms with Gasteiger partial charge in [0.15, 0.2) is 5.13 Å². The largest absolute Gasteiger partial charge is 0.345 e. The molecule has 1 aliphatic heterocycles. The summed E-state index contributed by atoms with van der Waals surface area (Å²) in [4.78, 5) is 20.7. The number of benzene rings is 2. The van der Waals surface area contributed by atoms with E-state index >= 15 is 0 Å². The van der Waals surface area contributed by atoms with Crippen LogP contribution in [-0.2, 0) is 0 Å². The minimum Gasteiger partial charge on any atom is -0.345 e. The van der Waals surface area contributed by atoms with Crippen molar-refractivity contribution in [2.24, 2.45) is 0 Å². The fourth-order valence-electron chi connectivity index (χ4n) is 2.98. The van der Waals surface area contributed by atoms with Crippen LogP contribution in [0.4, 0.5) is 13.9 Å². The van der Waals surface area contributed by atoms with Crippen LogP contribution in [0.1, 0.15) is 10.4 Å². The molecule has 1 aliphatic rings. The van der Waals surface area contributed by atoms with Crippen LogP contribution in [0.3, 0.4) is 0 Å². The molecule has 4 nitrogen and oxygen atoms in total. The predicted molar refractivity (Wildman–Crippen MR) is 102 cm³/mol. The maximum atomic E-state index is 13.8. The Morgan fingerprint density at radius 1 is 1.08 bits per heavy atom. The van der Waals surface area contributed by atoms with E-state index in [2.05, 4.69) is 25.8 Å². The number of thiazole rings is 1. The molecule has 134 valence electrons. The van der Waals surface area contributed by atoms with Gasteiger partial charge in [0.2, 0.25) is 0 Å². The number of aromatic nitrogens is 1. The molecular weight excluding hydrogens is 424 g/mol. The van der Waals surface area contributed by atoms with Crippen LogP contribution in [0.25, 0.3) is 10.2 Å². The molecule has 2 aromatic carbocycles. The Hall–Kier alpha value is -2.06. The van der Waals surface area contributed by atoms with Gasteiger partial charge in [-0.15, -0.1) is 0 Å². The van der Waals surface area contributed by atoms with Crippen LogP contribution < -0.4 is 4.90 Å². The zero-order valence-corrected chi connectivity index (χ0v) is 16.0. The summed E-state index contributed by atoms with van der Waals surface area (Å²) < 4.78 is 29.8. The number of rotatable bonds is 2. The second-order valence-corrected chi connectivity index (χ2v) is 7.91. The molecule has 1 fully saturated rings. The number of halogens is 3. The van der Waals surface area contributed by atoms with Crippen molar-refractivity contribution >= 4 is 48.5 Å². The van der Waals surface area contributed by atoms with Crippen LogP contribution in [-0.4, -0.2) is 42.0 Å². The van der Waals surface area contributed by atoms with Gasteiger partial charge in [0, 0.05) is 30.7 Å². The minimum absolute atomic E-state index is 0.395. The Kier molecular flexibility index (Phi) is 4.62. The highest BCUT2D eigenvalue weighted by atomic mass is 79.9. The van der Waals surface area contributed by atoms with E-state index in [1.54, 1.807) is 11.3 Å². The predicted octanol–water partition coefficient (Wildman–Crippen LogP) is 4.30. The van der Waals surface area contributed by atoms with Crippen molar-refractivity contribution in [1.82, 2.24) is 9.88 Å². The second-order valence-electron chi connectivity index (χ2n) is 5.98. The number of carbonyl (C=O) groups excluding carboxylic acids is 1.